The van der Waals surface area contributed by atoms with E-state index >= 15 is 0 Å². The highest BCUT2D eigenvalue weighted by molar-refractivity contribution is 5.29. The molecule has 0 aliphatic rings. The third kappa shape index (κ3) is 2.72. The maximum absolute atomic E-state index is 13.1. The van der Waals surface area contributed by atoms with Crippen LogP contribution < -0.4 is 4.74 Å². The van der Waals surface area contributed by atoms with Crippen molar-refractivity contribution in [2.75, 3.05) is 0 Å². The third-order valence-electron chi connectivity index (χ3n) is 1.99. The highest BCUT2D eigenvalue weighted by Gasteiger charge is 2.06. The van der Waals surface area contributed by atoms with Crippen molar-refractivity contribution in [3.63, 3.8) is 0 Å². The Kier molecular flexibility index (Phi) is 3.29. The molecule has 0 saturated carbocycles. The van der Waals surface area contributed by atoms with E-state index in [2.05, 4.69) is 0 Å². The molecule has 0 heterocycles. The molecule has 1 rings (SSSR count). The molecule has 0 aliphatic carbocycles. The van der Waals surface area contributed by atoms with Crippen molar-refractivity contribution in [2.45, 2.75) is 33.3 Å². The van der Waals surface area contributed by atoms with Crippen LogP contribution in [0, 0.1) is 12.7 Å². The molecular weight excluding hydrogens is 167 g/mol. The van der Waals surface area contributed by atoms with E-state index < -0.39 is 0 Å². The molecule has 0 radical (unpaired) electrons. The van der Waals surface area contributed by atoms with Gasteiger partial charge in [0.2, 0.25) is 0 Å². The van der Waals surface area contributed by atoms with Crippen molar-refractivity contribution in [2.24, 2.45) is 0 Å². The minimum absolute atomic E-state index is 0.0660. The van der Waals surface area contributed by atoms with Crippen LogP contribution in [0.1, 0.15) is 25.8 Å². The predicted octanol–water partition coefficient (Wildman–Crippen LogP) is 3.31. The molecule has 1 aromatic rings. The van der Waals surface area contributed by atoms with Gasteiger partial charge in [0.25, 0.3) is 0 Å². The average molecular weight is 182 g/mol. The lowest BCUT2D eigenvalue weighted by Crippen LogP contribution is -2.10. The van der Waals surface area contributed by atoms with Gasteiger partial charge in [0.1, 0.15) is 0 Å². The molecule has 0 fully saturated rings. The van der Waals surface area contributed by atoms with Crippen LogP contribution >= 0.6 is 0 Å². The fourth-order valence-electron chi connectivity index (χ4n) is 1.00. The predicted molar refractivity (Wildman–Crippen MR) is 51.5 cm³/mol. The SMILES string of the molecule is CCC(C)Oc1cc(C)ccc1F. The van der Waals surface area contributed by atoms with Crippen LogP contribution in [0.4, 0.5) is 4.39 Å². The van der Waals surface area contributed by atoms with Gasteiger partial charge in [0, 0.05) is 0 Å². The number of aryl methyl sites for hydroxylation is 1. The minimum atomic E-state index is -0.286. The van der Waals surface area contributed by atoms with Gasteiger partial charge in [-0.1, -0.05) is 13.0 Å². The largest absolute Gasteiger partial charge is 0.488 e. The Morgan fingerprint density at radius 2 is 2.15 bits per heavy atom. The van der Waals surface area contributed by atoms with E-state index in [-0.39, 0.29) is 11.9 Å². The van der Waals surface area contributed by atoms with Crippen LogP contribution in [-0.4, -0.2) is 6.10 Å². The van der Waals surface area contributed by atoms with Crippen LogP contribution in [0.25, 0.3) is 0 Å². The number of benzene rings is 1. The van der Waals surface area contributed by atoms with Crippen molar-refractivity contribution < 1.29 is 9.13 Å². The molecule has 0 aliphatic heterocycles. The van der Waals surface area contributed by atoms with Crippen LogP contribution in [0.15, 0.2) is 18.2 Å². The van der Waals surface area contributed by atoms with E-state index in [1.54, 1.807) is 12.1 Å². The summed E-state index contributed by atoms with van der Waals surface area (Å²) < 4.78 is 18.5. The maximum atomic E-state index is 13.1. The zero-order valence-electron chi connectivity index (χ0n) is 8.30. The molecule has 0 aromatic heterocycles. The van der Waals surface area contributed by atoms with Gasteiger partial charge in [-0.15, -0.1) is 0 Å². The summed E-state index contributed by atoms with van der Waals surface area (Å²) in [7, 11) is 0. The lowest BCUT2D eigenvalue weighted by Gasteiger charge is -2.13. The summed E-state index contributed by atoms with van der Waals surface area (Å²) in [4.78, 5) is 0. The zero-order chi connectivity index (χ0) is 9.84. The van der Waals surface area contributed by atoms with E-state index in [4.69, 9.17) is 4.74 Å². The molecule has 2 heteroatoms. The van der Waals surface area contributed by atoms with E-state index in [9.17, 15) is 4.39 Å². The highest BCUT2D eigenvalue weighted by Crippen LogP contribution is 2.20. The van der Waals surface area contributed by atoms with Gasteiger partial charge in [0.05, 0.1) is 6.10 Å². The van der Waals surface area contributed by atoms with Crippen molar-refractivity contribution in [3.8, 4) is 5.75 Å². The molecule has 0 spiro atoms. The molecule has 1 unspecified atom stereocenters. The Balaban J connectivity index is 2.81. The van der Waals surface area contributed by atoms with Crippen LogP contribution in [0.2, 0.25) is 0 Å². The first-order chi connectivity index (χ1) is 6.13. The summed E-state index contributed by atoms with van der Waals surface area (Å²) >= 11 is 0. The molecule has 1 atom stereocenters. The fraction of sp³-hybridized carbons (Fsp3) is 0.455. The van der Waals surface area contributed by atoms with Gasteiger partial charge >= 0.3 is 0 Å². The molecule has 0 bridgehead atoms. The maximum Gasteiger partial charge on any atom is 0.165 e. The van der Waals surface area contributed by atoms with Crippen molar-refractivity contribution in [3.05, 3.63) is 29.6 Å². The normalized spacial score (nSPS) is 12.6. The number of hydrogen-bond donors (Lipinski definition) is 0. The second-order valence-corrected chi connectivity index (χ2v) is 3.27. The van der Waals surface area contributed by atoms with E-state index in [1.165, 1.54) is 6.07 Å². The summed E-state index contributed by atoms with van der Waals surface area (Å²) in [6, 6.07) is 4.90. The summed E-state index contributed by atoms with van der Waals surface area (Å²) in [5, 5.41) is 0. The first-order valence-electron chi connectivity index (χ1n) is 4.56. The average Bonchev–Trinajstić information content (AvgIpc) is 2.11. The summed E-state index contributed by atoms with van der Waals surface area (Å²) in [5.41, 5.74) is 1.01. The Bertz CT molecular complexity index is 283. The first-order valence-corrected chi connectivity index (χ1v) is 4.56. The fourth-order valence-corrected chi connectivity index (χ4v) is 1.00. The van der Waals surface area contributed by atoms with E-state index in [0.29, 0.717) is 5.75 Å². The minimum Gasteiger partial charge on any atom is -0.488 e. The van der Waals surface area contributed by atoms with Crippen molar-refractivity contribution >= 4 is 0 Å². The molecular formula is C11H15FO. The highest BCUT2D eigenvalue weighted by atomic mass is 19.1. The quantitative estimate of drug-likeness (QED) is 0.696. The van der Waals surface area contributed by atoms with Gasteiger partial charge in [0.15, 0.2) is 11.6 Å². The number of ether oxygens (including phenoxy) is 1. The van der Waals surface area contributed by atoms with E-state index in [1.807, 2.05) is 20.8 Å². The molecule has 1 nitrogen and oxygen atoms in total. The number of hydrogen-bond acceptors (Lipinski definition) is 1. The van der Waals surface area contributed by atoms with Gasteiger partial charge < -0.3 is 4.74 Å². The standard InChI is InChI=1S/C11H15FO/c1-4-9(3)13-11-7-8(2)5-6-10(11)12/h5-7,9H,4H2,1-3H3. The van der Waals surface area contributed by atoms with Gasteiger partial charge in [-0.3, -0.25) is 0 Å². The van der Waals surface area contributed by atoms with Gasteiger partial charge in [-0.05, 0) is 38.0 Å². The second-order valence-electron chi connectivity index (χ2n) is 3.27. The third-order valence-corrected chi connectivity index (χ3v) is 1.99. The van der Waals surface area contributed by atoms with Gasteiger partial charge in [-0.2, -0.15) is 0 Å². The smallest absolute Gasteiger partial charge is 0.165 e. The monoisotopic (exact) mass is 182 g/mol. The summed E-state index contributed by atoms with van der Waals surface area (Å²) in [5.74, 6) is 0.0697. The molecule has 0 amide bonds. The molecule has 72 valence electrons. The Hall–Kier alpha value is -1.05. The zero-order valence-corrected chi connectivity index (χ0v) is 8.30. The summed E-state index contributed by atoms with van der Waals surface area (Å²) in [6.45, 7) is 5.86. The second kappa shape index (κ2) is 4.26. The molecule has 0 N–H and O–H groups in total. The molecule has 13 heavy (non-hydrogen) atoms. The summed E-state index contributed by atoms with van der Waals surface area (Å²) in [6.07, 6.45) is 0.948. The first kappa shape index (κ1) is 10.0. The van der Waals surface area contributed by atoms with Gasteiger partial charge in [-0.25, -0.2) is 4.39 Å². The van der Waals surface area contributed by atoms with Crippen LogP contribution in [0.5, 0.6) is 5.75 Å². The van der Waals surface area contributed by atoms with Crippen molar-refractivity contribution in [1.82, 2.24) is 0 Å². The Labute approximate surface area is 78.5 Å². The lowest BCUT2D eigenvalue weighted by atomic mass is 10.2. The Morgan fingerprint density at radius 3 is 2.77 bits per heavy atom. The topological polar surface area (TPSA) is 9.23 Å². The van der Waals surface area contributed by atoms with Crippen LogP contribution in [0.3, 0.4) is 0 Å². The van der Waals surface area contributed by atoms with Crippen molar-refractivity contribution in [1.29, 1.82) is 0 Å². The molecule has 0 saturated heterocycles. The molecule has 1 aromatic carbocycles. The number of halogens is 1. The Morgan fingerprint density at radius 1 is 1.46 bits per heavy atom. The van der Waals surface area contributed by atoms with E-state index in [0.717, 1.165) is 12.0 Å². The number of rotatable bonds is 3. The lowest BCUT2D eigenvalue weighted by molar-refractivity contribution is 0.207. The van der Waals surface area contributed by atoms with Crippen LogP contribution in [-0.2, 0) is 0 Å².